The third-order valence-corrected chi connectivity index (χ3v) is 3.11. The Labute approximate surface area is 90.8 Å². The fourth-order valence-electron chi connectivity index (χ4n) is 2.07. The average Bonchev–Trinajstić information content (AvgIpc) is 2.70. The molecular formula is C11H20N2O2. The van der Waals surface area contributed by atoms with E-state index in [1.807, 2.05) is 20.8 Å². The summed E-state index contributed by atoms with van der Waals surface area (Å²) >= 11 is 0. The lowest BCUT2D eigenvalue weighted by atomic mass is 10.0. The topological polar surface area (TPSA) is 50.4 Å². The van der Waals surface area contributed by atoms with Crippen molar-refractivity contribution in [2.24, 2.45) is 5.41 Å². The summed E-state index contributed by atoms with van der Waals surface area (Å²) in [4.78, 5) is 11.6. The highest BCUT2D eigenvalue weighted by Gasteiger charge is 2.54. The van der Waals surface area contributed by atoms with E-state index in [4.69, 9.17) is 4.74 Å². The highest BCUT2D eigenvalue weighted by atomic mass is 16.6. The first-order valence-corrected chi connectivity index (χ1v) is 5.61. The number of nitrogens with one attached hydrogen (secondary N) is 2. The summed E-state index contributed by atoms with van der Waals surface area (Å²) < 4.78 is 5.45. The van der Waals surface area contributed by atoms with E-state index in [1.54, 1.807) is 0 Å². The molecule has 15 heavy (non-hydrogen) atoms. The SMILES string of the molecule is CC(C)(C)NC(=O)OC1CNCC12CC2. The van der Waals surface area contributed by atoms with Crippen molar-refractivity contribution >= 4 is 6.09 Å². The summed E-state index contributed by atoms with van der Waals surface area (Å²) in [5.74, 6) is 0. The third-order valence-electron chi connectivity index (χ3n) is 3.11. The van der Waals surface area contributed by atoms with Gasteiger partial charge in [-0.3, -0.25) is 0 Å². The molecule has 86 valence electrons. The summed E-state index contributed by atoms with van der Waals surface area (Å²) in [7, 11) is 0. The van der Waals surface area contributed by atoms with Crippen molar-refractivity contribution in [3.63, 3.8) is 0 Å². The van der Waals surface area contributed by atoms with Gasteiger partial charge in [0.2, 0.25) is 0 Å². The van der Waals surface area contributed by atoms with Crippen LogP contribution in [0.5, 0.6) is 0 Å². The number of amides is 1. The molecule has 2 fully saturated rings. The van der Waals surface area contributed by atoms with Crippen molar-refractivity contribution in [1.82, 2.24) is 10.6 Å². The maximum atomic E-state index is 11.6. The molecule has 1 saturated heterocycles. The first-order chi connectivity index (χ1) is 6.91. The maximum absolute atomic E-state index is 11.6. The van der Waals surface area contributed by atoms with Gasteiger partial charge in [-0.2, -0.15) is 0 Å². The lowest BCUT2D eigenvalue weighted by Gasteiger charge is -2.23. The van der Waals surface area contributed by atoms with Gasteiger partial charge in [-0.1, -0.05) is 0 Å². The number of alkyl carbamates (subject to hydrolysis) is 1. The minimum atomic E-state index is -0.289. The zero-order valence-electron chi connectivity index (χ0n) is 9.72. The molecule has 2 rings (SSSR count). The van der Waals surface area contributed by atoms with Gasteiger partial charge in [0.05, 0.1) is 0 Å². The Morgan fingerprint density at radius 3 is 2.67 bits per heavy atom. The Balaban J connectivity index is 1.84. The molecule has 1 atom stereocenters. The van der Waals surface area contributed by atoms with Crippen molar-refractivity contribution in [1.29, 1.82) is 0 Å². The van der Waals surface area contributed by atoms with E-state index in [0.29, 0.717) is 0 Å². The fourth-order valence-corrected chi connectivity index (χ4v) is 2.07. The molecule has 2 aliphatic rings. The van der Waals surface area contributed by atoms with Crippen molar-refractivity contribution in [3.05, 3.63) is 0 Å². The second-order valence-electron chi connectivity index (χ2n) is 5.76. The van der Waals surface area contributed by atoms with E-state index in [0.717, 1.165) is 13.1 Å². The van der Waals surface area contributed by atoms with E-state index >= 15 is 0 Å². The molecule has 4 nitrogen and oxygen atoms in total. The van der Waals surface area contributed by atoms with Crippen LogP contribution in [0.3, 0.4) is 0 Å². The Morgan fingerprint density at radius 2 is 2.13 bits per heavy atom. The second kappa shape index (κ2) is 3.37. The molecule has 1 aliphatic carbocycles. The van der Waals surface area contributed by atoms with Crippen LogP contribution in [0.15, 0.2) is 0 Å². The molecule has 1 spiro atoms. The van der Waals surface area contributed by atoms with Gasteiger partial charge in [-0.05, 0) is 33.6 Å². The molecule has 1 aliphatic heterocycles. The molecule has 0 bridgehead atoms. The van der Waals surface area contributed by atoms with Crippen LogP contribution < -0.4 is 10.6 Å². The second-order valence-corrected chi connectivity index (χ2v) is 5.76. The van der Waals surface area contributed by atoms with Crippen LogP contribution >= 0.6 is 0 Å². The molecular weight excluding hydrogens is 192 g/mol. The van der Waals surface area contributed by atoms with Gasteiger partial charge in [-0.15, -0.1) is 0 Å². The van der Waals surface area contributed by atoms with Crippen molar-refractivity contribution in [3.8, 4) is 0 Å². The number of carbonyl (C=O) groups excluding carboxylic acids is 1. The Bertz CT molecular complexity index is 266. The average molecular weight is 212 g/mol. The van der Waals surface area contributed by atoms with Gasteiger partial charge < -0.3 is 15.4 Å². The maximum Gasteiger partial charge on any atom is 0.407 e. The molecule has 1 amide bonds. The molecule has 0 radical (unpaired) electrons. The van der Waals surface area contributed by atoms with E-state index in [-0.39, 0.29) is 23.2 Å². The monoisotopic (exact) mass is 212 g/mol. The van der Waals surface area contributed by atoms with Gasteiger partial charge >= 0.3 is 6.09 Å². The smallest absolute Gasteiger partial charge is 0.407 e. The van der Waals surface area contributed by atoms with Gasteiger partial charge in [0, 0.05) is 24.0 Å². The minimum absolute atomic E-state index is 0.0693. The molecule has 0 aromatic heterocycles. The van der Waals surface area contributed by atoms with Crippen molar-refractivity contribution in [2.45, 2.75) is 45.3 Å². The Morgan fingerprint density at radius 1 is 1.47 bits per heavy atom. The first-order valence-electron chi connectivity index (χ1n) is 5.61. The Kier molecular flexibility index (Phi) is 2.41. The van der Waals surface area contributed by atoms with Gasteiger partial charge in [0.1, 0.15) is 6.10 Å². The zero-order valence-corrected chi connectivity index (χ0v) is 9.72. The molecule has 1 unspecified atom stereocenters. The quantitative estimate of drug-likeness (QED) is 0.688. The zero-order chi connectivity index (χ0) is 11.1. The summed E-state index contributed by atoms with van der Waals surface area (Å²) in [5, 5.41) is 6.11. The lowest BCUT2D eigenvalue weighted by molar-refractivity contribution is 0.0717. The van der Waals surface area contributed by atoms with Crippen molar-refractivity contribution < 1.29 is 9.53 Å². The summed E-state index contributed by atoms with van der Waals surface area (Å²) in [5.41, 5.74) is 0.0506. The highest BCUT2D eigenvalue weighted by molar-refractivity contribution is 5.68. The summed E-state index contributed by atoms with van der Waals surface area (Å²) in [6.45, 7) is 7.66. The van der Waals surface area contributed by atoms with E-state index in [1.165, 1.54) is 12.8 Å². The van der Waals surface area contributed by atoms with Gasteiger partial charge in [0.15, 0.2) is 0 Å². The largest absolute Gasteiger partial charge is 0.444 e. The predicted octanol–water partition coefficient (Wildman–Crippen LogP) is 1.26. The number of carbonyl (C=O) groups is 1. The highest BCUT2D eigenvalue weighted by Crippen LogP contribution is 2.51. The number of rotatable bonds is 1. The van der Waals surface area contributed by atoms with Crippen molar-refractivity contribution in [2.75, 3.05) is 13.1 Å². The van der Waals surface area contributed by atoms with Gasteiger partial charge in [0.25, 0.3) is 0 Å². The van der Waals surface area contributed by atoms with E-state index in [2.05, 4.69) is 10.6 Å². The first kappa shape index (κ1) is 10.7. The molecule has 1 saturated carbocycles. The van der Waals surface area contributed by atoms with Crippen LogP contribution in [0, 0.1) is 5.41 Å². The third kappa shape index (κ3) is 2.43. The van der Waals surface area contributed by atoms with Crippen LogP contribution in [0.2, 0.25) is 0 Å². The number of ether oxygens (including phenoxy) is 1. The van der Waals surface area contributed by atoms with Crippen LogP contribution in [-0.4, -0.2) is 30.8 Å². The standard InChI is InChI=1S/C11H20N2O2/c1-10(2,3)13-9(14)15-8-6-12-7-11(8)4-5-11/h8,12H,4-7H2,1-3H3,(H,13,14). The molecule has 0 aromatic rings. The molecule has 4 heteroatoms. The molecule has 2 N–H and O–H groups in total. The molecule has 0 aromatic carbocycles. The predicted molar refractivity (Wildman–Crippen MR) is 57.7 cm³/mol. The summed E-state index contributed by atoms with van der Waals surface area (Å²) in [6, 6.07) is 0. The summed E-state index contributed by atoms with van der Waals surface area (Å²) in [6.07, 6.45) is 2.16. The lowest BCUT2D eigenvalue weighted by Crippen LogP contribution is -2.43. The molecule has 1 heterocycles. The van der Waals surface area contributed by atoms with E-state index in [9.17, 15) is 4.79 Å². The van der Waals surface area contributed by atoms with Crippen LogP contribution in [0.1, 0.15) is 33.6 Å². The van der Waals surface area contributed by atoms with Gasteiger partial charge in [-0.25, -0.2) is 4.79 Å². The van der Waals surface area contributed by atoms with Crippen LogP contribution in [0.4, 0.5) is 4.79 Å². The fraction of sp³-hybridized carbons (Fsp3) is 0.909. The van der Waals surface area contributed by atoms with E-state index < -0.39 is 0 Å². The van der Waals surface area contributed by atoms with Crippen LogP contribution in [0.25, 0.3) is 0 Å². The minimum Gasteiger partial charge on any atom is -0.444 e. The Hall–Kier alpha value is -0.770. The number of hydrogen-bond acceptors (Lipinski definition) is 3. The normalized spacial score (nSPS) is 27.8. The van der Waals surface area contributed by atoms with Crippen LogP contribution in [-0.2, 0) is 4.74 Å². The number of hydrogen-bond donors (Lipinski definition) is 2.